The van der Waals surface area contributed by atoms with Crippen LogP contribution in [-0.2, 0) is 0 Å². The first kappa shape index (κ1) is 12.2. The van der Waals surface area contributed by atoms with E-state index in [0.29, 0.717) is 18.2 Å². The van der Waals surface area contributed by atoms with Gasteiger partial charge in [0.05, 0.1) is 24.7 Å². The Labute approximate surface area is 106 Å². The maximum absolute atomic E-state index is 5.56. The van der Waals surface area contributed by atoms with Gasteiger partial charge in [0.25, 0.3) is 0 Å². The van der Waals surface area contributed by atoms with E-state index in [1.807, 2.05) is 30.3 Å². The first-order valence-corrected chi connectivity index (χ1v) is 5.84. The molecule has 1 aromatic carbocycles. The highest BCUT2D eigenvalue weighted by molar-refractivity contribution is 5.35. The molecule has 1 heterocycles. The second-order valence-electron chi connectivity index (χ2n) is 3.78. The summed E-state index contributed by atoms with van der Waals surface area (Å²) in [7, 11) is 0. The highest BCUT2D eigenvalue weighted by Crippen LogP contribution is 2.08. The van der Waals surface area contributed by atoms with Gasteiger partial charge in [-0.3, -0.25) is 0 Å². The Morgan fingerprint density at radius 2 is 1.83 bits per heavy atom. The molecule has 0 fully saturated rings. The molecule has 0 bridgehead atoms. The molecule has 0 saturated carbocycles. The molecular formula is C13H16N4O. The zero-order valence-electron chi connectivity index (χ0n) is 10.0. The molecule has 18 heavy (non-hydrogen) atoms. The number of hydrogen-bond donors (Lipinski definition) is 2. The first-order chi connectivity index (χ1) is 8.84. The van der Waals surface area contributed by atoms with Crippen LogP contribution < -0.4 is 15.8 Å². The van der Waals surface area contributed by atoms with E-state index in [4.69, 9.17) is 10.5 Å². The molecule has 0 aliphatic rings. The average Bonchev–Trinajstić information content (AvgIpc) is 2.42. The van der Waals surface area contributed by atoms with Gasteiger partial charge in [-0.25, -0.2) is 9.97 Å². The lowest BCUT2D eigenvalue weighted by atomic mass is 10.3. The minimum absolute atomic E-state index is 0.563. The van der Waals surface area contributed by atoms with E-state index in [1.54, 1.807) is 12.4 Å². The summed E-state index contributed by atoms with van der Waals surface area (Å²) in [6, 6.07) is 9.76. The van der Waals surface area contributed by atoms with E-state index in [1.165, 1.54) is 0 Å². The summed E-state index contributed by atoms with van der Waals surface area (Å²) in [5, 5.41) is 3.10. The largest absolute Gasteiger partial charge is 0.494 e. The zero-order valence-corrected chi connectivity index (χ0v) is 10.0. The molecule has 0 radical (unpaired) electrons. The van der Waals surface area contributed by atoms with E-state index in [2.05, 4.69) is 15.3 Å². The van der Waals surface area contributed by atoms with E-state index in [0.717, 1.165) is 18.7 Å². The molecule has 1 aromatic heterocycles. The van der Waals surface area contributed by atoms with Gasteiger partial charge in [0.2, 0.25) is 5.95 Å². The van der Waals surface area contributed by atoms with Crippen molar-refractivity contribution >= 4 is 11.6 Å². The number of anilines is 2. The van der Waals surface area contributed by atoms with Gasteiger partial charge in [0, 0.05) is 6.54 Å². The molecule has 0 aliphatic heterocycles. The normalized spacial score (nSPS) is 10.0. The molecule has 5 heteroatoms. The van der Waals surface area contributed by atoms with E-state index in [9.17, 15) is 0 Å². The highest BCUT2D eigenvalue weighted by Gasteiger charge is 1.95. The van der Waals surface area contributed by atoms with Crippen LogP contribution in [0.25, 0.3) is 0 Å². The van der Waals surface area contributed by atoms with Crippen molar-refractivity contribution in [3.05, 3.63) is 42.7 Å². The van der Waals surface area contributed by atoms with Crippen LogP contribution >= 0.6 is 0 Å². The summed E-state index contributed by atoms with van der Waals surface area (Å²) < 4.78 is 5.56. The number of para-hydroxylation sites is 1. The van der Waals surface area contributed by atoms with Crippen LogP contribution in [0.1, 0.15) is 6.42 Å². The molecule has 3 N–H and O–H groups in total. The van der Waals surface area contributed by atoms with Crippen LogP contribution in [0.2, 0.25) is 0 Å². The molecule has 2 rings (SSSR count). The third-order valence-electron chi connectivity index (χ3n) is 2.29. The second kappa shape index (κ2) is 6.44. The third-order valence-corrected chi connectivity index (χ3v) is 2.29. The fourth-order valence-electron chi connectivity index (χ4n) is 1.41. The second-order valence-corrected chi connectivity index (χ2v) is 3.78. The lowest BCUT2D eigenvalue weighted by molar-refractivity contribution is 0.315. The van der Waals surface area contributed by atoms with Gasteiger partial charge in [-0.15, -0.1) is 0 Å². The predicted octanol–water partition coefficient (Wildman–Crippen LogP) is 1.94. The Morgan fingerprint density at radius 1 is 1.11 bits per heavy atom. The van der Waals surface area contributed by atoms with Gasteiger partial charge in [-0.2, -0.15) is 0 Å². The van der Waals surface area contributed by atoms with Crippen molar-refractivity contribution in [2.24, 2.45) is 0 Å². The van der Waals surface area contributed by atoms with Gasteiger partial charge in [0.15, 0.2) is 0 Å². The topological polar surface area (TPSA) is 73.1 Å². The summed E-state index contributed by atoms with van der Waals surface area (Å²) in [5.41, 5.74) is 6.06. The third kappa shape index (κ3) is 3.93. The molecule has 2 aromatic rings. The molecule has 0 atom stereocenters. The van der Waals surface area contributed by atoms with E-state index in [-0.39, 0.29) is 0 Å². The summed E-state index contributed by atoms with van der Waals surface area (Å²) in [5.74, 6) is 1.48. The van der Waals surface area contributed by atoms with Gasteiger partial charge in [0.1, 0.15) is 5.75 Å². The van der Waals surface area contributed by atoms with Crippen molar-refractivity contribution in [2.75, 3.05) is 24.2 Å². The molecule has 0 saturated heterocycles. The van der Waals surface area contributed by atoms with Gasteiger partial charge >= 0.3 is 0 Å². The Bertz CT molecular complexity index is 458. The number of ether oxygens (including phenoxy) is 1. The quantitative estimate of drug-likeness (QED) is 0.760. The Morgan fingerprint density at radius 3 is 2.56 bits per heavy atom. The first-order valence-electron chi connectivity index (χ1n) is 5.84. The van der Waals surface area contributed by atoms with E-state index < -0.39 is 0 Å². The van der Waals surface area contributed by atoms with Crippen LogP contribution in [0.5, 0.6) is 5.75 Å². The maximum Gasteiger partial charge on any atom is 0.222 e. The Balaban J connectivity index is 1.63. The standard InChI is InChI=1S/C13H16N4O/c14-11-9-16-13(17-10-11)15-7-4-8-18-12-5-2-1-3-6-12/h1-3,5-6,9-10H,4,7-8,14H2,(H,15,16,17). The van der Waals surface area contributed by atoms with Crippen LogP contribution in [0.3, 0.4) is 0 Å². The molecule has 5 nitrogen and oxygen atoms in total. The molecule has 0 aliphatic carbocycles. The highest BCUT2D eigenvalue weighted by atomic mass is 16.5. The SMILES string of the molecule is Nc1cnc(NCCCOc2ccccc2)nc1. The Hall–Kier alpha value is -2.30. The van der Waals surface area contributed by atoms with E-state index >= 15 is 0 Å². The fraction of sp³-hybridized carbons (Fsp3) is 0.231. The van der Waals surface area contributed by atoms with Crippen LogP contribution in [-0.4, -0.2) is 23.1 Å². The minimum atomic E-state index is 0.563. The number of nitrogen functional groups attached to an aromatic ring is 1. The molecular weight excluding hydrogens is 228 g/mol. The van der Waals surface area contributed by atoms with Gasteiger partial charge in [-0.1, -0.05) is 18.2 Å². The van der Waals surface area contributed by atoms with Crippen LogP contribution in [0.4, 0.5) is 11.6 Å². The fourth-order valence-corrected chi connectivity index (χ4v) is 1.41. The lowest BCUT2D eigenvalue weighted by Crippen LogP contribution is -2.09. The van der Waals surface area contributed by atoms with Gasteiger partial charge < -0.3 is 15.8 Å². The maximum atomic E-state index is 5.56. The Kier molecular flexibility index (Phi) is 4.35. The zero-order chi connectivity index (χ0) is 12.6. The lowest BCUT2D eigenvalue weighted by Gasteiger charge is -2.06. The van der Waals surface area contributed by atoms with Crippen LogP contribution in [0.15, 0.2) is 42.7 Å². The molecule has 0 amide bonds. The van der Waals surface area contributed by atoms with Crippen LogP contribution in [0, 0.1) is 0 Å². The number of nitrogens with zero attached hydrogens (tertiary/aromatic N) is 2. The predicted molar refractivity (Wildman–Crippen MR) is 71.5 cm³/mol. The minimum Gasteiger partial charge on any atom is -0.494 e. The summed E-state index contributed by atoms with van der Waals surface area (Å²) in [4.78, 5) is 8.09. The number of hydrogen-bond acceptors (Lipinski definition) is 5. The number of aromatic nitrogens is 2. The number of nitrogens with two attached hydrogens (primary N) is 1. The number of benzene rings is 1. The average molecular weight is 244 g/mol. The summed E-state index contributed by atoms with van der Waals surface area (Å²) in [6.07, 6.45) is 4.04. The van der Waals surface area contributed by atoms with Crippen molar-refractivity contribution in [3.8, 4) is 5.75 Å². The summed E-state index contributed by atoms with van der Waals surface area (Å²) in [6.45, 7) is 1.42. The van der Waals surface area contributed by atoms with Crippen molar-refractivity contribution in [3.63, 3.8) is 0 Å². The van der Waals surface area contributed by atoms with Crippen molar-refractivity contribution < 1.29 is 4.74 Å². The monoisotopic (exact) mass is 244 g/mol. The molecule has 94 valence electrons. The molecule has 0 unspecified atom stereocenters. The van der Waals surface area contributed by atoms with Gasteiger partial charge in [-0.05, 0) is 18.6 Å². The van der Waals surface area contributed by atoms with Crippen molar-refractivity contribution in [1.29, 1.82) is 0 Å². The molecule has 0 spiro atoms. The smallest absolute Gasteiger partial charge is 0.222 e. The van der Waals surface area contributed by atoms with Crippen molar-refractivity contribution in [2.45, 2.75) is 6.42 Å². The number of rotatable bonds is 6. The summed E-state index contributed by atoms with van der Waals surface area (Å²) >= 11 is 0. The van der Waals surface area contributed by atoms with Crippen molar-refractivity contribution in [1.82, 2.24) is 9.97 Å². The number of nitrogens with one attached hydrogen (secondary N) is 1.